The zero-order chi connectivity index (χ0) is 15.3. The molecule has 4 saturated carbocycles. The average molecular weight is 312 g/mol. The van der Waals surface area contributed by atoms with Crippen molar-refractivity contribution in [3.05, 3.63) is 35.4 Å². The van der Waals surface area contributed by atoms with Crippen LogP contribution in [0.1, 0.15) is 49.7 Å². The van der Waals surface area contributed by atoms with Gasteiger partial charge in [0.05, 0.1) is 13.2 Å². The van der Waals surface area contributed by atoms with Gasteiger partial charge in [0.1, 0.15) is 19.6 Å². The van der Waals surface area contributed by atoms with Crippen LogP contribution in [-0.4, -0.2) is 26.3 Å². The Morgan fingerprint density at radius 3 is 2.00 bits per heavy atom. The molecule has 1 heterocycles. The fourth-order valence-corrected chi connectivity index (χ4v) is 6.57. The van der Waals surface area contributed by atoms with Crippen LogP contribution in [0.15, 0.2) is 24.3 Å². The van der Waals surface area contributed by atoms with E-state index in [1.54, 1.807) is 10.5 Å². The molecule has 124 valence electrons. The Balaban J connectivity index is 1.33. The first-order valence-electron chi connectivity index (χ1n) is 9.80. The first-order chi connectivity index (χ1) is 11.3. The smallest absolute Gasteiger partial charge is 0.103 e. The topological polar surface area (TPSA) is 13.7 Å². The van der Waals surface area contributed by atoms with Gasteiger partial charge in [-0.1, -0.05) is 24.3 Å². The maximum absolute atomic E-state index is 5.47. The van der Waals surface area contributed by atoms with Gasteiger partial charge in [0.25, 0.3) is 0 Å². The Hall–Kier alpha value is -0.860. The summed E-state index contributed by atoms with van der Waals surface area (Å²) < 4.78 is 5.47. The molecule has 1 aromatic rings. The number of hydrogen-bond acceptors (Lipinski definition) is 1. The monoisotopic (exact) mass is 312 g/mol. The Kier molecular flexibility index (Phi) is 3.52. The lowest BCUT2D eigenvalue weighted by atomic mass is 9.48. The summed E-state index contributed by atoms with van der Waals surface area (Å²) in [5, 5.41) is 0. The molecule has 5 aliphatic rings. The molecule has 2 heteroatoms. The highest BCUT2D eigenvalue weighted by molar-refractivity contribution is 5.32. The van der Waals surface area contributed by atoms with E-state index in [0.29, 0.717) is 5.41 Å². The van der Waals surface area contributed by atoms with Crippen molar-refractivity contribution in [1.29, 1.82) is 0 Å². The van der Waals surface area contributed by atoms with Crippen molar-refractivity contribution in [2.75, 3.05) is 26.3 Å². The highest BCUT2D eigenvalue weighted by Gasteiger charge is 2.51. The Morgan fingerprint density at radius 2 is 1.43 bits per heavy atom. The van der Waals surface area contributed by atoms with Crippen molar-refractivity contribution in [3.63, 3.8) is 0 Å². The maximum Gasteiger partial charge on any atom is 0.103 e. The number of quaternary nitrogens is 1. The molecular formula is C21H30NO+. The number of hydrogen-bond donors (Lipinski definition) is 1. The van der Waals surface area contributed by atoms with E-state index in [0.717, 1.165) is 44.1 Å². The van der Waals surface area contributed by atoms with Gasteiger partial charge in [-0.25, -0.2) is 0 Å². The van der Waals surface area contributed by atoms with Crippen molar-refractivity contribution >= 4 is 0 Å². The molecule has 0 aromatic heterocycles. The standard InChI is InChI=1S/C21H29NO/c1-3-20(4-2-16(1)15-22-5-7-23-8-6-22)21-12-17-9-18(13-21)11-19(10-17)14-21/h1-4,17-19H,5-15H2/p+1. The minimum absolute atomic E-state index is 0.555. The van der Waals surface area contributed by atoms with Crippen molar-refractivity contribution in [2.45, 2.75) is 50.5 Å². The molecule has 2 nitrogen and oxygen atoms in total. The number of morpholine rings is 1. The normalized spacial score (nSPS) is 39.7. The predicted molar refractivity (Wildman–Crippen MR) is 91.5 cm³/mol. The van der Waals surface area contributed by atoms with Crippen LogP contribution in [-0.2, 0) is 16.7 Å². The van der Waals surface area contributed by atoms with E-state index in [2.05, 4.69) is 24.3 Å². The molecule has 4 bridgehead atoms. The van der Waals surface area contributed by atoms with E-state index in [-0.39, 0.29) is 0 Å². The lowest BCUT2D eigenvalue weighted by molar-refractivity contribution is -0.921. The lowest BCUT2D eigenvalue weighted by Crippen LogP contribution is -3.12. The second-order valence-electron chi connectivity index (χ2n) is 8.93. The van der Waals surface area contributed by atoms with Gasteiger partial charge in [-0.05, 0) is 67.3 Å². The minimum Gasteiger partial charge on any atom is -0.370 e. The zero-order valence-electron chi connectivity index (χ0n) is 14.2. The fraction of sp³-hybridized carbons (Fsp3) is 0.714. The molecule has 5 fully saturated rings. The third-order valence-corrected chi connectivity index (χ3v) is 7.26. The molecule has 1 saturated heterocycles. The van der Waals surface area contributed by atoms with Crippen LogP contribution in [0.25, 0.3) is 0 Å². The maximum atomic E-state index is 5.47. The summed E-state index contributed by atoms with van der Waals surface area (Å²) in [6.45, 7) is 5.36. The van der Waals surface area contributed by atoms with Gasteiger partial charge in [0.2, 0.25) is 0 Å². The molecular weight excluding hydrogens is 282 g/mol. The molecule has 1 aliphatic heterocycles. The molecule has 0 atom stereocenters. The largest absolute Gasteiger partial charge is 0.370 e. The third-order valence-electron chi connectivity index (χ3n) is 7.26. The first-order valence-corrected chi connectivity index (χ1v) is 9.80. The average Bonchev–Trinajstić information content (AvgIpc) is 2.55. The van der Waals surface area contributed by atoms with E-state index in [4.69, 9.17) is 4.74 Å². The van der Waals surface area contributed by atoms with Gasteiger partial charge >= 0.3 is 0 Å². The van der Waals surface area contributed by atoms with E-state index in [1.807, 2.05) is 0 Å². The number of nitrogens with one attached hydrogen (secondary N) is 1. The SMILES string of the molecule is c1cc(C23CC4CC(CC(C4)C2)C3)ccc1C[NH+]1CCOCC1. The van der Waals surface area contributed by atoms with Gasteiger partial charge in [-0.3, -0.25) is 0 Å². The molecule has 0 amide bonds. The summed E-state index contributed by atoms with van der Waals surface area (Å²) in [7, 11) is 0. The second kappa shape index (κ2) is 5.60. The summed E-state index contributed by atoms with van der Waals surface area (Å²) in [5.74, 6) is 3.12. The van der Waals surface area contributed by atoms with Crippen molar-refractivity contribution in [2.24, 2.45) is 17.8 Å². The number of benzene rings is 1. The van der Waals surface area contributed by atoms with E-state index in [1.165, 1.54) is 50.6 Å². The quantitative estimate of drug-likeness (QED) is 0.906. The van der Waals surface area contributed by atoms with Crippen LogP contribution in [0.4, 0.5) is 0 Å². The minimum atomic E-state index is 0.555. The lowest BCUT2D eigenvalue weighted by Gasteiger charge is -2.57. The molecule has 1 N–H and O–H groups in total. The second-order valence-corrected chi connectivity index (χ2v) is 8.93. The van der Waals surface area contributed by atoms with Crippen LogP contribution in [0, 0.1) is 17.8 Å². The van der Waals surface area contributed by atoms with E-state index < -0.39 is 0 Å². The molecule has 1 aromatic carbocycles. The Morgan fingerprint density at radius 1 is 0.870 bits per heavy atom. The van der Waals surface area contributed by atoms with Crippen LogP contribution >= 0.6 is 0 Å². The van der Waals surface area contributed by atoms with Crippen molar-refractivity contribution < 1.29 is 9.64 Å². The number of ether oxygens (including phenoxy) is 1. The summed E-state index contributed by atoms with van der Waals surface area (Å²) in [5.41, 5.74) is 3.73. The Bertz CT molecular complexity index is 522. The molecule has 0 spiro atoms. The highest BCUT2D eigenvalue weighted by atomic mass is 16.5. The summed E-state index contributed by atoms with van der Waals surface area (Å²) >= 11 is 0. The van der Waals surface area contributed by atoms with Crippen LogP contribution in [0.2, 0.25) is 0 Å². The first kappa shape index (κ1) is 14.5. The summed E-state index contributed by atoms with van der Waals surface area (Å²) in [6, 6.07) is 9.83. The predicted octanol–water partition coefficient (Wildman–Crippen LogP) is 2.57. The van der Waals surface area contributed by atoms with Crippen molar-refractivity contribution in [1.82, 2.24) is 0 Å². The Labute approximate surface area is 140 Å². The van der Waals surface area contributed by atoms with Gasteiger partial charge in [0, 0.05) is 5.56 Å². The highest BCUT2D eigenvalue weighted by Crippen LogP contribution is 2.60. The van der Waals surface area contributed by atoms with Crippen LogP contribution in [0.3, 0.4) is 0 Å². The van der Waals surface area contributed by atoms with Crippen molar-refractivity contribution in [3.8, 4) is 0 Å². The van der Waals surface area contributed by atoms with E-state index in [9.17, 15) is 0 Å². The van der Waals surface area contributed by atoms with Gasteiger partial charge < -0.3 is 9.64 Å². The zero-order valence-corrected chi connectivity index (χ0v) is 14.2. The van der Waals surface area contributed by atoms with Gasteiger partial charge in [-0.2, -0.15) is 0 Å². The fourth-order valence-electron chi connectivity index (χ4n) is 6.57. The number of rotatable bonds is 3. The molecule has 6 rings (SSSR count). The summed E-state index contributed by atoms with van der Waals surface area (Å²) in [4.78, 5) is 1.68. The van der Waals surface area contributed by atoms with Crippen LogP contribution in [0.5, 0.6) is 0 Å². The summed E-state index contributed by atoms with van der Waals surface area (Å²) in [6.07, 6.45) is 9.06. The van der Waals surface area contributed by atoms with E-state index >= 15 is 0 Å². The molecule has 0 radical (unpaired) electrons. The van der Waals surface area contributed by atoms with Gasteiger partial charge in [0.15, 0.2) is 0 Å². The molecule has 0 unspecified atom stereocenters. The van der Waals surface area contributed by atoms with Crippen LogP contribution < -0.4 is 4.90 Å². The van der Waals surface area contributed by atoms with Gasteiger partial charge in [-0.15, -0.1) is 0 Å². The third kappa shape index (κ3) is 2.64. The molecule has 4 aliphatic carbocycles. The molecule has 23 heavy (non-hydrogen) atoms.